The van der Waals surface area contributed by atoms with Crippen molar-refractivity contribution in [2.75, 3.05) is 0 Å². The summed E-state index contributed by atoms with van der Waals surface area (Å²) in [5, 5.41) is 10.4. The van der Waals surface area contributed by atoms with E-state index in [1.54, 1.807) is 0 Å². The molecule has 0 spiro atoms. The topological polar surface area (TPSA) is 43.1 Å². The molecular weight excluding hydrogens is 204 g/mol. The highest BCUT2D eigenvalue weighted by Crippen LogP contribution is 2.61. The fraction of sp³-hybridized carbons (Fsp3) is 0.400. The minimum Gasteiger partial charge on any atom is -0.258 e. The molecule has 0 bridgehead atoms. The van der Waals surface area contributed by atoms with Gasteiger partial charge in [-0.3, -0.25) is 10.1 Å². The molecule has 0 aromatic heterocycles. The number of hydrogen-bond donors (Lipinski definition) is 0. The quantitative estimate of drug-likeness (QED) is 0.560. The van der Waals surface area contributed by atoms with Crippen molar-refractivity contribution in [2.45, 2.75) is 24.7 Å². The lowest BCUT2D eigenvalue weighted by Crippen LogP contribution is -2.11. The summed E-state index contributed by atoms with van der Waals surface area (Å²) < 4.78 is 26.0. The van der Waals surface area contributed by atoms with Crippen molar-refractivity contribution in [3.63, 3.8) is 0 Å². The number of rotatable bonds is 2. The Labute approximate surface area is 84.9 Å². The molecule has 1 aliphatic rings. The molecule has 1 saturated carbocycles. The van der Waals surface area contributed by atoms with Gasteiger partial charge in [0.05, 0.1) is 10.3 Å². The summed E-state index contributed by atoms with van der Waals surface area (Å²) in [7, 11) is 0. The van der Waals surface area contributed by atoms with Crippen molar-refractivity contribution in [3.8, 4) is 0 Å². The molecule has 1 aromatic carbocycles. The number of alkyl halides is 2. The van der Waals surface area contributed by atoms with E-state index in [9.17, 15) is 18.9 Å². The number of non-ortho nitro benzene ring substituents is 1. The molecule has 2 rings (SSSR count). The SMILES string of the molecule is CC1(c2ccc([N+](=O)[O-])cc2)CC1(F)F. The highest BCUT2D eigenvalue weighted by molar-refractivity contribution is 5.41. The molecule has 1 aliphatic carbocycles. The molecule has 5 heteroatoms. The van der Waals surface area contributed by atoms with Gasteiger partial charge in [0.25, 0.3) is 11.6 Å². The van der Waals surface area contributed by atoms with Crippen molar-refractivity contribution in [2.24, 2.45) is 0 Å². The van der Waals surface area contributed by atoms with Crippen molar-refractivity contribution in [1.82, 2.24) is 0 Å². The Morgan fingerprint density at radius 1 is 1.33 bits per heavy atom. The Bertz CT molecular complexity index is 416. The summed E-state index contributed by atoms with van der Waals surface area (Å²) in [6.45, 7) is 1.47. The van der Waals surface area contributed by atoms with Gasteiger partial charge in [-0.05, 0) is 12.5 Å². The Kier molecular flexibility index (Phi) is 1.83. The predicted molar refractivity (Wildman–Crippen MR) is 50.0 cm³/mol. The van der Waals surface area contributed by atoms with Crippen LogP contribution in [0.15, 0.2) is 24.3 Å². The number of halogens is 2. The second-order valence-corrected chi connectivity index (χ2v) is 4.02. The van der Waals surface area contributed by atoms with Gasteiger partial charge in [0.2, 0.25) is 0 Å². The van der Waals surface area contributed by atoms with Crippen LogP contribution in [0.1, 0.15) is 18.9 Å². The summed E-state index contributed by atoms with van der Waals surface area (Å²) in [6.07, 6.45) is -0.183. The van der Waals surface area contributed by atoms with Gasteiger partial charge < -0.3 is 0 Å². The Balaban J connectivity index is 2.30. The zero-order valence-electron chi connectivity index (χ0n) is 8.04. The number of benzene rings is 1. The monoisotopic (exact) mass is 213 g/mol. The molecule has 15 heavy (non-hydrogen) atoms. The highest BCUT2D eigenvalue weighted by atomic mass is 19.3. The lowest BCUT2D eigenvalue weighted by molar-refractivity contribution is -0.384. The van der Waals surface area contributed by atoms with Crippen LogP contribution in [-0.4, -0.2) is 10.8 Å². The first-order valence-electron chi connectivity index (χ1n) is 4.50. The minimum atomic E-state index is -2.68. The molecule has 0 radical (unpaired) electrons. The predicted octanol–water partition coefficient (Wildman–Crippen LogP) is 2.89. The fourth-order valence-corrected chi connectivity index (χ4v) is 1.66. The summed E-state index contributed by atoms with van der Waals surface area (Å²) in [5.74, 6) is -2.68. The molecule has 1 aromatic rings. The van der Waals surface area contributed by atoms with Crippen LogP contribution in [0.5, 0.6) is 0 Å². The Morgan fingerprint density at radius 2 is 1.80 bits per heavy atom. The second-order valence-electron chi connectivity index (χ2n) is 4.02. The third-order valence-electron chi connectivity index (χ3n) is 2.97. The van der Waals surface area contributed by atoms with Gasteiger partial charge in [-0.1, -0.05) is 12.1 Å². The smallest absolute Gasteiger partial charge is 0.258 e. The lowest BCUT2D eigenvalue weighted by Gasteiger charge is -2.09. The zero-order chi connectivity index (χ0) is 11.3. The van der Waals surface area contributed by atoms with E-state index in [2.05, 4.69) is 0 Å². The Morgan fingerprint density at radius 3 is 2.13 bits per heavy atom. The summed E-state index contributed by atoms with van der Waals surface area (Å²) in [6, 6.07) is 5.32. The van der Waals surface area contributed by atoms with Gasteiger partial charge in [0.15, 0.2) is 0 Å². The van der Waals surface area contributed by atoms with E-state index < -0.39 is 16.3 Å². The largest absolute Gasteiger partial charge is 0.269 e. The molecule has 1 unspecified atom stereocenters. The summed E-state index contributed by atoms with van der Waals surface area (Å²) in [4.78, 5) is 9.82. The average molecular weight is 213 g/mol. The van der Waals surface area contributed by atoms with E-state index in [1.807, 2.05) is 0 Å². The van der Waals surface area contributed by atoms with Crippen molar-refractivity contribution < 1.29 is 13.7 Å². The highest BCUT2D eigenvalue weighted by Gasteiger charge is 2.68. The maximum Gasteiger partial charge on any atom is 0.269 e. The van der Waals surface area contributed by atoms with Crippen LogP contribution in [0.2, 0.25) is 0 Å². The van der Waals surface area contributed by atoms with Crippen LogP contribution in [0, 0.1) is 10.1 Å². The van der Waals surface area contributed by atoms with Gasteiger partial charge >= 0.3 is 0 Å². The minimum absolute atomic E-state index is 0.0775. The number of nitro groups is 1. The normalized spacial score (nSPS) is 27.4. The standard InChI is InChI=1S/C10H9F2NO2/c1-9(6-10(9,11)12)7-2-4-8(5-3-7)13(14)15/h2-5H,6H2,1H3. The van der Waals surface area contributed by atoms with Crippen molar-refractivity contribution in [1.29, 1.82) is 0 Å². The van der Waals surface area contributed by atoms with Gasteiger partial charge in [0, 0.05) is 18.6 Å². The number of nitrogens with zero attached hydrogens (tertiary/aromatic N) is 1. The number of nitro benzene ring substituents is 1. The van der Waals surface area contributed by atoms with Gasteiger partial charge in [-0.15, -0.1) is 0 Å². The van der Waals surface area contributed by atoms with Crippen LogP contribution >= 0.6 is 0 Å². The van der Waals surface area contributed by atoms with E-state index in [0.29, 0.717) is 5.56 Å². The van der Waals surface area contributed by atoms with Crippen LogP contribution in [0.25, 0.3) is 0 Å². The first-order chi connectivity index (χ1) is 6.87. The Hall–Kier alpha value is -1.52. The first-order valence-corrected chi connectivity index (χ1v) is 4.50. The van der Waals surface area contributed by atoms with Crippen molar-refractivity contribution in [3.05, 3.63) is 39.9 Å². The van der Waals surface area contributed by atoms with E-state index >= 15 is 0 Å². The third kappa shape index (κ3) is 1.38. The lowest BCUT2D eigenvalue weighted by atomic mass is 9.97. The molecule has 0 heterocycles. The van der Waals surface area contributed by atoms with Gasteiger partial charge in [0.1, 0.15) is 0 Å². The summed E-state index contributed by atoms with van der Waals surface area (Å²) >= 11 is 0. The molecular formula is C10H9F2NO2. The van der Waals surface area contributed by atoms with Gasteiger partial charge in [-0.2, -0.15) is 0 Å². The molecule has 1 atom stereocenters. The van der Waals surface area contributed by atoms with Crippen molar-refractivity contribution >= 4 is 5.69 Å². The molecule has 0 saturated heterocycles. The van der Waals surface area contributed by atoms with Crippen LogP contribution in [0.3, 0.4) is 0 Å². The average Bonchev–Trinajstić information content (AvgIpc) is 2.67. The van der Waals surface area contributed by atoms with E-state index in [4.69, 9.17) is 0 Å². The number of hydrogen-bond acceptors (Lipinski definition) is 2. The van der Waals surface area contributed by atoms with Crippen LogP contribution in [0.4, 0.5) is 14.5 Å². The second kappa shape index (κ2) is 2.74. The third-order valence-corrected chi connectivity index (χ3v) is 2.97. The molecule has 0 amide bonds. The van der Waals surface area contributed by atoms with E-state index in [1.165, 1.54) is 31.2 Å². The molecule has 1 fully saturated rings. The molecule has 3 nitrogen and oxygen atoms in total. The van der Waals surface area contributed by atoms with Gasteiger partial charge in [-0.25, -0.2) is 8.78 Å². The maximum absolute atomic E-state index is 13.0. The van der Waals surface area contributed by atoms with Crippen LogP contribution < -0.4 is 0 Å². The first kappa shape index (κ1) is 10.0. The molecule has 0 aliphatic heterocycles. The van der Waals surface area contributed by atoms with Crippen LogP contribution in [-0.2, 0) is 5.41 Å². The fourth-order valence-electron chi connectivity index (χ4n) is 1.66. The van der Waals surface area contributed by atoms with E-state index in [-0.39, 0.29) is 12.1 Å². The molecule has 0 N–H and O–H groups in total. The maximum atomic E-state index is 13.0. The molecule has 80 valence electrons. The summed E-state index contributed by atoms with van der Waals surface area (Å²) in [5.41, 5.74) is -0.758. The van der Waals surface area contributed by atoms with E-state index in [0.717, 1.165) is 0 Å². The zero-order valence-corrected chi connectivity index (χ0v) is 8.04.